The first-order valence-corrected chi connectivity index (χ1v) is 12.6. The molecule has 0 radical (unpaired) electrons. The minimum Gasteiger partial charge on any atom is -0.452 e. The van der Waals surface area contributed by atoms with Crippen LogP contribution in [0.3, 0.4) is 0 Å². The number of hydrogen-bond donors (Lipinski definition) is 0. The summed E-state index contributed by atoms with van der Waals surface area (Å²) in [5, 5.41) is 0. The standard InChI is InChI=1S/C23H33NO5S/c1-14-15(2)17(4)22(18(5)16(14)3)23(26)29-12-21(25)24(19-8-6-7-9-19)20-10-11-30(27,28)13-20/h19-20H,6-13H2,1-5H3. The van der Waals surface area contributed by atoms with Crippen LogP contribution in [-0.4, -0.2) is 55.4 Å². The van der Waals surface area contributed by atoms with E-state index in [-0.39, 0.29) is 36.1 Å². The summed E-state index contributed by atoms with van der Waals surface area (Å²) < 4.78 is 29.4. The largest absolute Gasteiger partial charge is 0.452 e. The van der Waals surface area contributed by atoms with Crippen molar-refractivity contribution < 1.29 is 22.7 Å². The van der Waals surface area contributed by atoms with E-state index in [2.05, 4.69) is 0 Å². The fraction of sp³-hybridized carbons (Fsp3) is 0.652. The molecule has 1 saturated heterocycles. The molecule has 2 fully saturated rings. The van der Waals surface area contributed by atoms with Crippen LogP contribution < -0.4 is 0 Å². The third kappa shape index (κ3) is 4.41. The average molecular weight is 436 g/mol. The monoisotopic (exact) mass is 435 g/mol. The van der Waals surface area contributed by atoms with Gasteiger partial charge in [-0.1, -0.05) is 12.8 Å². The number of benzene rings is 1. The van der Waals surface area contributed by atoms with Crippen molar-refractivity contribution in [3.05, 3.63) is 33.4 Å². The lowest BCUT2D eigenvalue weighted by Crippen LogP contribution is -2.48. The molecule has 0 bridgehead atoms. The van der Waals surface area contributed by atoms with Gasteiger partial charge in [-0.25, -0.2) is 13.2 Å². The molecule has 1 aliphatic carbocycles. The SMILES string of the molecule is Cc1c(C)c(C)c(C(=O)OCC(=O)N(C2CCCC2)C2CCS(=O)(=O)C2)c(C)c1C. The van der Waals surface area contributed by atoms with E-state index in [1.807, 2.05) is 34.6 Å². The predicted octanol–water partition coefficient (Wildman–Crippen LogP) is 3.34. The number of amides is 1. The topological polar surface area (TPSA) is 80.8 Å². The van der Waals surface area contributed by atoms with E-state index in [4.69, 9.17) is 4.74 Å². The van der Waals surface area contributed by atoms with Crippen molar-refractivity contribution in [1.82, 2.24) is 4.90 Å². The Morgan fingerprint density at radius 3 is 1.90 bits per heavy atom. The first-order valence-electron chi connectivity index (χ1n) is 10.8. The maximum atomic E-state index is 13.1. The third-order valence-corrected chi connectivity index (χ3v) is 8.89. The van der Waals surface area contributed by atoms with Crippen LogP contribution in [0.1, 0.15) is 70.3 Å². The van der Waals surface area contributed by atoms with Gasteiger partial charge in [0.2, 0.25) is 0 Å². The van der Waals surface area contributed by atoms with Gasteiger partial charge in [0.15, 0.2) is 16.4 Å². The predicted molar refractivity (Wildman–Crippen MR) is 117 cm³/mol. The summed E-state index contributed by atoms with van der Waals surface area (Å²) in [6.07, 6.45) is 4.30. The molecule has 0 aromatic heterocycles. The maximum Gasteiger partial charge on any atom is 0.339 e. The molecule has 1 aliphatic heterocycles. The van der Waals surface area contributed by atoms with Crippen LogP contribution in [-0.2, 0) is 19.4 Å². The Hall–Kier alpha value is -1.89. The van der Waals surface area contributed by atoms with Gasteiger partial charge in [-0.3, -0.25) is 4.79 Å². The Labute approximate surface area is 179 Å². The third-order valence-electron chi connectivity index (χ3n) is 7.14. The van der Waals surface area contributed by atoms with Crippen LogP contribution >= 0.6 is 0 Å². The minimum atomic E-state index is -3.10. The van der Waals surface area contributed by atoms with Crippen molar-refractivity contribution in [3.63, 3.8) is 0 Å². The first kappa shape index (κ1) is 22.8. The summed E-state index contributed by atoms with van der Waals surface area (Å²) in [5.74, 6) is -0.644. The second kappa shape index (κ2) is 8.69. The Balaban J connectivity index is 1.77. The van der Waals surface area contributed by atoms with Crippen molar-refractivity contribution in [3.8, 4) is 0 Å². The van der Waals surface area contributed by atoms with E-state index < -0.39 is 15.8 Å². The number of ether oxygens (including phenoxy) is 1. The lowest BCUT2D eigenvalue weighted by atomic mass is 9.90. The summed E-state index contributed by atoms with van der Waals surface area (Å²) in [7, 11) is -3.10. The molecule has 1 aromatic rings. The molecule has 0 N–H and O–H groups in total. The lowest BCUT2D eigenvalue weighted by Gasteiger charge is -2.34. The van der Waals surface area contributed by atoms with E-state index in [1.54, 1.807) is 4.90 Å². The molecule has 0 spiro atoms. The van der Waals surface area contributed by atoms with Crippen molar-refractivity contribution in [2.45, 2.75) is 78.8 Å². The number of hydrogen-bond acceptors (Lipinski definition) is 5. The zero-order chi connectivity index (χ0) is 22.2. The van der Waals surface area contributed by atoms with E-state index in [9.17, 15) is 18.0 Å². The van der Waals surface area contributed by atoms with E-state index in [0.29, 0.717) is 12.0 Å². The fourth-order valence-corrected chi connectivity index (χ4v) is 6.67. The van der Waals surface area contributed by atoms with E-state index >= 15 is 0 Å². The Morgan fingerprint density at radius 2 is 1.40 bits per heavy atom. The van der Waals surface area contributed by atoms with Crippen molar-refractivity contribution in [2.24, 2.45) is 0 Å². The van der Waals surface area contributed by atoms with Gasteiger partial charge in [0.25, 0.3) is 5.91 Å². The molecule has 1 saturated carbocycles. The normalized spacial score (nSPS) is 21.0. The van der Waals surface area contributed by atoms with Gasteiger partial charge >= 0.3 is 5.97 Å². The highest BCUT2D eigenvalue weighted by atomic mass is 32.2. The number of esters is 1. The molecule has 6 nitrogen and oxygen atoms in total. The van der Waals surface area contributed by atoms with Crippen LogP contribution in [0.5, 0.6) is 0 Å². The van der Waals surface area contributed by atoms with Crippen molar-refractivity contribution in [1.29, 1.82) is 0 Å². The molecule has 3 rings (SSSR count). The summed E-state index contributed by atoms with van der Waals surface area (Å²) in [6, 6.07) is -0.265. The van der Waals surface area contributed by atoms with Crippen LogP contribution in [0.25, 0.3) is 0 Å². The van der Waals surface area contributed by atoms with Crippen molar-refractivity contribution in [2.75, 3.05) is 18.1 Å². The first-order chi connectivity index (χ1) is 14.0. The van der Waals surface area contributed by atoms with Crippen LogP contribution in [0.2, 0.25) is 0 Å². The van der Waals surface area contributed by atoms with Crippen LogP contribution in [0.15, 0.2) is 0 Å². The number of carbonyl (C=O) groups is 2. The van der Waals surface area contributed by atoms with Gasteiger partial charge in [0.1, 0.15) is 0 Å². The highest BCUT2D eigenvalue weighted by molar-refractivity contribution is 7.91. The average Bonchev–Trinajstić information content (AvgIpc) is 3.33. The molecule has 1 unspecified atom stereocenters. The molecule has 30 heavy (non-hydrogen) atoms. The molecule has 1 amide bonds. The maximum absolute atomic E-state index is 13.1. The molecule has 166 valence electrons. The Morgan fingerprint density at radius 1 is 0.867 bits per heavy atom. The van der Waals surface area contributed by atoms with Gasteiger partial charge in [-0.05, 0) is 81.7 Å². The number of nitrogens with zero attached hydrogens (tertiary/aromatic N) is 1. The molecule has 1 aromatic carbocycles. The fourth-order valence-electron chi connectivity index (χ4n) is 4.96. The molecule has 1 atom stereocenters. The van der Waals surface area contributed by atoms with E-state index in [0.717, 1.165) is 53.5 Å². The van der Waals surface area contributed by atoms with Gasteiger partial charge in [-0.2, -0.15) is 0 Å². The zero-order valence-corrected chi connectivity index (χ0v) is 19.5. The second-order valence-corrected chi connectivity index (χ2v) is 11.1. The van der Waals surface area contributed by atoms with Gasteiger partial charge in [-0.15, -0.1) is 0 Å². The molecular weight excluding hydrogens is 402 g/mol. The molecule has 2 aliphatic rings. The summed E-state index contributed by atoms with van der Waals surface area (Å²) >= 11 is 0. The number of carbonyl (C=O) groups excluding carboxylic acids is 2. The smallest absolute Gasteiger partial charge is 0.339 e. The minimum absolute atomic E-state index is 0.0117. The highest BCUT2D eigenvalue weighted by Crippen LogP contribution is 2.30. The summed E-state index contributed by atoms with van der Waals surface area (Å²) in [5.41, 5.74) is 5.55. The zero-order valence-electron chi connectivity index (χ0n) is 18.7. The number of rotatable bonds is 5. The van der Waals surface area contributed by atoms with Crippen LogP contribution in [0, 0.1) is 34.6 Å². The highest BCUT2D eigenvalue weighted by Gasteiger charge is 2.39. The lowest BCUT2D eigenvalue weighted by molar-refractivity contribution is -0.139. The quantitative estimate of drug-likeness (QED) is 0.663. The van der Waals surface area contributed by atoms with Crippen LogP contribution in [0.4, 0.5) is 0 Å². The molecule has 7 heteroatoms. The van der Waals surface area contributed by atoms with Gasteiger partial charge in [0, 0.05) is 12.1 Å². The summed E-state index contributed by atoms with van der Waals surface area (Å²) in [4.78, 5) is 27.7. The van der Waals surface area contributed by atoms with Gasteiger partial charge < -0.3 is 9.64 Å². The second-order valence-electron chi connectivity index (χ2n) is 8.87. The van der Waals surface area contributed by atoms with E-state index in [1.165, 1.54) is 0 Å². The Kier molecular flexibility index (Phi) is 6.60. The molecule has 1 heterocycles. The van der Waals surface area contributed by atoms with Crippen molar-refractivity contribution >= 4 is 21.7 Å². The van der Waals surface area contributed by atoms with Gasteiger partial charge in [0.05, 0.1) is 17.1 Å². The molecular formula is C23H33NO5S. The number of sulfone groups is 1. The summed E-state index contributed by atoms with van der Waals surface area (Å²) in [6.45, 7) is 9.47. The Bertz CT molecular complexity index is 931.